The molecule has 1 aromatic rings. The van der Waals surface area contributed by atoms with E-state index in [-0.39, 0.29) is 11.4 Å². The van der Waals surface area contributed by atoms with Crippen molar-refractivity contribution < 1.29 is 9.90 Å². The first-order valence-corrected chi connectivity index (χ1v) is 10.8. The third kappa shape index (κ3) is 9.79. The Balaban J connectivity index is 2.83. The number of hydrogen-bond donors (Lipinski definition) is 4. The van der Waals surface area contributed by atoms with E-state index in [4.69, 9.17) is 0 Å². The Morgan fingerprint density at radius 1 is 1.07 bits per heavy atom. The minimum Gasteiger partial charge on any atom is -0.388 e. The molecule has 0 unspecified atom stereocenters. The van der Waals surface area contributed by atoms with E-state index in [9.17, 15) is 9.90 Å². The Kier molecular flexibility index (Phi) is 10.2. The largest absolute Gasteiger partial charge is 0.388 e. The quantitative estimate of drug-likeness (QED) is 0.354. The van der Waals surface area contributed by atoms with Gasteiger partial charge in [-0.25, -0.2) is 4.99 Å². The van der Waals surface area contributed by atoms with Gasteiger partial charge in [-0.2, -0.15) is 0 Å². The highest BCUT2D eigenvalue weighted by molar-refractivity contribution is 5.94. The van der Waals surface area contributed by atoms with Crippen LogP contribution in [0.15, 0.2) is 29.3 Å². The fourth-order valence-corrected chi connectivity index (χ4v) is 3.22. The van der Waals surface area contributed by atoms with Crippen molar-refractivity contribution in [2.24, 2.45) is 4.99 Å². The Bertz CT molecular complexity index is 659. The van der Waals surface area contributed by atoms with Crippen LogP contribution in [0.5, 0.6) is 0 Å². The molecule has 0 atom stereocenters. The summed E-state index contributed by atoms with van der Waals surface area (Å²) in [4.78, 5) is 17.0. The Hall–Kier alpha value is -2.08. The van der Waals surface area contributed by atoms with Crippen molar-refractivity contribution in [2.75, 3.05) is 13.1 Å². The highest BCUT2D eigenvalue weighted by Gasteiger charge is 2.25. The minimum absolute atomic E-state index is 0.0856. The lowest BCUT2D eigenvalue weighted by atomic mass is 9.93. The van der Waals surface area contributed by atoms with Crippen LogP contribution in [0.3, 0.4) is 0 Å². The lowest BCUT2D eigenvalue weighted by molar-refractivity contribution is 0.0257. The van der Waals surface area contributed by atoms with Gasteiger partial charge in [0.25, 0.3) is 5.91 Å². The molecule has 6 nitrogen and oxygen atoms in total. The van der Waals surface area contributed by atoms with E-state index in [1.807, 2.05) is 52.0 Å². The molecular weight excluding hydrogens is 364 g/mol. The summed E-state index contributed by atoms with van der Waals surface area (Å²) < 4.78 is 0. The van der Waals surface area contributed by atoms with Crippen LogP contribution in [0.25, 0.3) is 0 Å². The fourth-order valence-electron chi connectivity index (χ4n) is 3.22. The number of rotatable bonds is 10. The maximum absolute atomic E-state index is 12.4. The predicted octanol–water partition coefficient (Wildman–Crippen LogP) is 3.60. The van der Waals surface area contributed by atoms with Crippen LogP contribution in [-0.2, 0) is 6.54 Å². The molecule has 6 heteroatoms. The van der Waals surface area contributed by atoms with Gasteiger partial charge in [-0.05, 0) is 58.2 Å². The topological polar surface area (TPSA) is 85.8 Å². The van der Waals surface area contributed by atoms with Crippen LogP contribution in [0.4, 0.5) is 0 Å². The molecule has 164 valence electrons. The summed E-state index contributed by atoms with van der Waals surface area (Å²) in [6.07, 6.45) is 3.40. The summed E-state index contributed by atoms with van der Waals surface area (Å²) in [6, 6.07) is 7.53. The van der Waals surface area contributed by atoms with E-state index in [1.165, 1.54) is 0 Å². The molecule has 0 aliphatic rings. The highest BCUT2D eigenvalue weighted by Crippen LogP contribution is 2.18. The summed E-state index contributed by atoms with van der Waals surface area (Å²) >= 11 is 0. The minimum atomic E-state index is -0.718. The van der Waals surface area contributed by atoms with Crippen LogP contribution in [0.1, 0.15) is 83.1 Å². The predicted molar refractivity (Wildman–Crippen MR) is 121 cm³/mol. The van der Waals surface area contributed by atoms with Gasteiger partial charge in [-0.1, -0.05) is 38.8 Å². The molecule has 0 heterocycles. The summed E-state index contributed by atoms with van der Waals surface area (Å²) in [6.45, 7) is 13.7. The molecule has 1 rings (SSSR count). The maximum Gasteiger partial charge on any atom is 0.251 e. The Labute approximate surface area is 176 Å². The molecular formula is C23H40N4O2. The van der Waals surface area contributed by atoms with Gasteiger partial charge >= 0.3 is 0 Å². The third-order valence-electron chi connectivity index (χ3n) is 4.46. The van der Waals surface area contributed by atoms with Gasteiger partial charge in [0.15, 0.2) is 5.96 Å². The second-order valence-electron chi connectivity index (χ2n) is 8.68. The molecule has 29 heavy (non-hydrogen) atoms. The number of nitrogens with one attached hydrogen (secondary N) is 3. The zero-order valence-electron chi connectivity index (χ0n) is 19.1. The average Bonchev–Trinajstić information content (AvgIpc) is 2.63. The van der Waals surface area contributed by atoms with Crippen LogP contribution in [0.2, 0.25) is 0 Å². The SMILES string of the molecule is CCCC(O)(CCC)CNC(=NCc1cccc(C(=O)NC(C)(C)C)c1)NCC. The van der Waals surface area contributed by atoms with Crippen LogP contribution in [-0.4, -0.2) is 41.2 Å². The van der Waals surface area contributed by atoms with Crippen molar-refractivity contribution in [3.8, 4) is 0 Å². The summed E-state index contributed by atoms with van der Waals surface area (Å²) in [5, 5.41) is 20.3. The van der Waals surface area contributed by atoms with Crippen molar-refractivity contribution in [3.05, 3.63) is 35.4 Å². The number of carbonyl (C=O) groups is 1. The highest BCUT2D eigenvalue weighted by atomic mass is 16.3. The number of amides is 1. The monoisotopic (exact) mass is 404 g/mol. The van der Waals surface area contributed by atoms with Crippen molar-refractivity contribution in [1.82, 2.24) is 16.0 Å². The zero-order valence-corrected chi connectivity index (χ0v) is 19.1. The lowest BCUT2D eigenvalue weighted by Gasteiger charge is -2.28. The van der Waals surface area contributed by atoms with Crippen molar-refractivity contribution in [3.63, 3.8) is 0 Å². The van der Waals surface area contributed by atoms with E-state index in [0.717, 1.165) is 37.8 Å². The molecule has 0 aromatic heterocycles. The molecule has 0 bridgehead atoms. The molecule has 0 aliphatic heterocycles. The normalized spacial score (nSPS) is 12.6. The van der Waals surface area contributed by atoms with Gasteiger partial charge < -0.3 is 21.1 Å². The average molecular weight is 405 g/mol. The standard InChI is InChI=1S/C23H40N4O2/c1-7-13-23(29,14-8-2)17-26-21(24-9-3)25-16-18-11-10-12-19(15-18)20(28)27-22(4,5)6/h10-12,15,29H,7-9,13-14,16-17H2,1-6H3,(H,27,28)(H2,24,25,26). The molecule has 0 spiro atoms. The van der Waals surface area contributed by atoms with E-state index in [0.29, 0.717) is 24.6 Å². The van der Waals surface area contributed by atoms with Crippen LogP contribution >= 0.6 is 0 Å². The third-order valence-corrected chi connectivity index (χ3v) is 4.46. The van der Waals surface area contributed by atoms with Gasteiger partial charge in [0.2, 0.25) is 0 Å². The first kappa shape index (κ1) is 25.0. The zero-order chi connectivity index (χ0) is 21.9. The molecule has 0 fully saturated rings. The Morgan fingerprint density at radius 3 is 2.28 bits per heavy atom. The summed E-state index contributed by atoms with van der Waals surface area (Å²) in [5.74, 6) is 0.584. The first-order valence-electron chi connectivity index (χ1n) is 10.8. The van der Waals surface area contributed by atoms with Gasteiger partial charge in [-0.15, -0.1) is 0 Å². The molecule has 1 amide bonds. The number of hydrogen-bond acceptors (Lipinski definition) is 3. The maximum atomic E-state index is 12.4. The van der Waals surface area contributed by atoms with Crippen molar-refractivity contribution in [2.45, 2.75) is 84.9 Å². The summed E-state index contributed by atoms with van der Waals surface area (Å²) in [7, 11) is 0. The van der Waals surface area contributed by atoms with Gasteiger partial charge in [0.1, 0.15) is 0 Å². The second kappa shape index (κ2) is 11.8. The van der Waals surface area contributed by atoms with E-state index in [2.05, 4.69) is 34.8 Å². The Morgan fingerprint density at radius 2 is 1.72 bits per heavy atom. The molecule has 0 saturated carbocycles. The number of guanidine groups is 1. The number of benzene rings is 1. The number of nitrogens with zero attached hydrogens (tertiary/aromatic N) is 1. The second-order valence-corrected chi connectivity index (χ2v) is 8.68. The molecule has 0 radical (unpaired) electrons. The molecule has 0 saturated heterocycles. The number of aliphatic hydroxyl groups is 1. The first-order chi connectivity index (χ1) is 13.6. The summed E-state index contributed by atoms with van der Waals surface area (Å²) in [5.41, 5.74) is 0.596. The van der Waals surface area contributed by atoms with Gasteiger partial charge in [0, 0.05) is 24.2 Å². The van der Waals surface area contributed by atoms with Gasteiger partial charge in [0.05, 0.1) is 12.1 Å². The van der Waals surface area contributed by atoms with E-state index in [1.54, 1.807) is 0 Å². The van der Waals surface area contributed by atoms with Crippen molar-refractivity contribution >= 4 is 11.9 Å². The fraction of sp³-hybridized carbons (Fsp3) is 0.652. The number of aliphatic imine (C=N–C) groups is 1. The van der Waals surface area contributed by atoms with Crippen LogP contribution < -0.4 is 16.0 Å². The van der Waals surface area contributed by atoms with E-state index < -0.39 is 5.60 Å². The molecule has 0 aliphatic carbocycles. The van der Waals surface area contributed by atoms with Gasteiger partial charge in [-0.3, -0.25) is 4.79 Å². The van der Waals surface area contributed by atoms with Crippen LogP contribution in [0, 0.1) is 0 Å². The smallest absolute Gasteiger partial charge is 0.251 e. The molecule has 4 N–H and O–H groups in total. The number of carbonyl (C=O) groups excluding carboxylic acids is 1. The van der Waals surface area contributed by atoms with Crippen molar-refractivity contribution in [1.29, 1.82) is 0 Å². The molecule has 1 aromatic carbocycles. The lowest BCUT2D eigenvalue weighted by Crippen LogP contribution is -2.47. The van der Waals surface area contributed by atoms with E-state index >= 15 is 0 Å².